The molecule has 2 rings (SSSR count). The Hall–Kier alpha value is -1.95. The summed E-state index contributed by atoms with van der Waals surface area (Å²) in [5.74, 6) is 2.25. The second kappa shape index (κ2) is 7.89. The van der Waals surface area contributed by atoms with Crippen molar-refractivity contribution in [3.05, 3.63) is 41.8 Å². The highest BCUT2D eigenvalue weighted by Gasteiger charge is 2.10. The zero-order valence-electron chi connectivity index (χ0n) is 13.3. The molecule has 0 spiro atoms. The van der Waals surface area contributed by atoms with Gasteiger partial charge in [-0.15, -0.1) is 0 Å². The average molecular weight is 307 g/mol. The van der Waals surface area contributed by atoms with Gasteiger partial charge in [-0.2, -0.15) is 4.98 Å². The summed E-state index contributed by atoms with van der Waals surface area (Å²) in [6.45, 7) is 6.06. The quantitative estimate of drug-likeness (QED) is 0.750. The third kappa shape index (κ3) is 5.44. The summed E-state index contributed by atoms with van der Waals surface area (Å²) in [4.78, 5) is 6.41. The van der Waals surface area contributed by atoms with Gasteiger partial charge in [-0.05, 0) is 37.2 Å². The standard InChI is InChI=1S/C16H22FN3O2/c1-12(2)10-16-18-15(19-22-16)11-20(3)8-9-21-14-6-4-13(17)5-7-14/h4-7,12H,8-11H2,1-3H3. The summed E-state index contributed by atoms with van der Waals surface area (Å²) in [6.07, 6.45) is 0.796. The lowest BCUT2D eigenvalue weighted by Crippen LogP contribution is -2.24. The van der Waals surface area contributed by atoms with Crippen LogP contribution in [0.25, 0.3) is 0 Å². The molecule has 0 unspecified atom stereocenters. The second-order valence-corrected chi connectivity index (χ2v) is 5.74. The van der Waals surface area contributed by atoms with Gasteiger partial charge in [0, 0.05) is 13.0 Å². The maximum Gasteiger partial charge on any atom is 0.226 e. The van der Waals surface area contributed by atoms with Crippen molar-refractivity contribution in [1.29, 1.82) is 0 Å². The molecule has 6 heteroatoms. The maximum absolute atomic E-state index is 12.8. The van der Waals surface area contributed by atoms with Crippen molar-refractivity contribution < 1.29 is 13.7 Å². The van der Waals surface area contributed by atoms with Crippen LogP contribution in [0.1, 0.15) is 25.6 Å². The van der Waals surface area contributed by atoms with Crippen molar-refractivity contribution in [3.8, 4) is 5.75 Å². The van der Waals surface area contributed by atoms with Gasteiger partial charge in [-0.3, -0.25) is 4.90 Å². The van der Waals surface area contributed by atoms with E-state index in [0.717, 1.165) is 6.42 Å². The SMILES string of the molecule is CC(C)Cc1nc(CN(C)CCOc2ccc(F)cc2)no1. The molecular weight excluding hydrogens is 285 g/mol. The molecule has 0 bridgehead atoms. The van der Waals surface area contributed by atoms with Gasteiger partial charge in [0.25, 0.3) is 0 Å². The van der Waals surface area contributed by atoms with Crippen molar-refractivity contribution in [1.82, 2.24) is 15.0 Å². The number of hydrogen-bond acceptors (Lipinski definition) is 5. The fraction of sp³-hybridized carbons (Fsp3) is 0.500. The summed E-state index contributed by atoms with van der Waals surface area (Å²) >= 11 is 0. The Morgan fingerprint density at radius 1 is 1.27 bits per heavy atom. The molecule has 22 heavy (non-hydrogen) atoms. The number of ether oxygens (including phenoxy) is 1. The van der Waals surface area contributed by atoms with E-state index < -0.39 is 0 Å². The minimum Gasteiger partial charge on any atom is -0.492 e. The first kappa shape index (κ1) is 16.4. The van der Waals surface area contributed by atoms with E-state index in [1.54, 1.807) is 12.1 Å². The fourth-order valence-electron chi connectivity index (χ4n) is 1.96. The number of likely N-dealkylation sites (N-methyl/N-ethyl adjacent to an activating group) is 1. The number of halogens is 1. The van der Waals surface area contributed by atoms with E-state index in [1.807, 2.05) is 11.9 Å². The molecule has 120 valence electrons. The predicted octanol–water partition coefficient (Wildman–Crippen LogP) is 2.92. The predicted molar refractivity (Wildman–Crippen MR) is 81.1 cm³/mol. The lowest BCUT2D eigenvalue weighted by molar-refractivity contribution is 0.227. The zero-order chi connectivity index (χ0) is 15.9. The summed E-state index contributed by atoms with van der Waals surface area (Å²) in [5.41, 5.74) is 0. The average Bonchev–Trinajstić information content (AvgIpc) is 2.87. The molecule has 0 radical (unpaired) electrons. The first-order chi connectivity index (χ1) is 10.5. The van der Waals surface area contributed by atoms with E-state index in [-0.39, 0.29) is 5.82 Å². The van der Waals surface area contributed by atoms with E-state index in [4.69, 9.17) is 9.26 Å². The van der Waals surface area contributed by atoms with Gasteiger partial charge in [0.1, 0.15) is 18.2 Å². The molecule has 0 atom stereocenters. The zero-order valence-corrected chi connectivity index (χ0v) is 13.3. The molecule has 0 N–H and O–H groups in total. The normalized spacial score (nSPS) is 11.4. The minimum atomic E-state index is -0.265. The van der Waals surface area contributed by atoms with E-state index >= 15 is 0 Å². The van der Waals surface area contributed by atoms with E-state index in [9.17, 15) is 4.39 Å². The molecule has 0 saturated heterocycles. The Morgan fingerprint density at radius 2 is 2.00 bits per heavy atom. The highest BCUT2D eigenvalue weighted by molar-refractivity contribution is 5.21. The van der Waals surface area contributed by atoms with Gasteiger partial charge >= 0.3 is 0 Å². The fourth-order valence-corrected chi connectivity index (χ4v) is 1.96. The maximum atomic E-state index is 12.8. The molecule has 5 nitrogen and oxygen atoms in total. The molecule has 1 aromatic carbocycles. The Bertz CT molecular complexity index is 569. The monoisotopic (exact) mass is 307 g/mol. The number of aromatic nitrogens is 2. The minimum absolute atomic E-state index is 0.265. The van der Waals surface area contributed by atoms with Crippen molar-refractivity contribution in [3.63, 3.8) is 0 Å². The summed E-state index contributed by atoms with van der Waals surface area (Å²) in [5, 5.41) is 3.97. The largest absolute Gasteiger partial charge is 0.492 e. The number of rotatable bonds is 8. The van der Waals surface area contributed by atoms with Crippen LogP contribution in [0.5, 0.6) is 5.75 Å². The molecule has 0 amide bonds. The van der Waals surface area contributed by atoms with Crippen molar-refractivity contribution in [2.24, 2.45) is 5.92 Å². The highest BCUT2D eigenvalue weighted by atomic mass is 19.1. The number of hydrogen-bond donors (Lipinski definition) is 0. The molecule has 2 aromatic rings. The summed E-state index contributed by atoms with van der Waals surface area (Å²) < 4.78 is 23.5. The van der Waals surface area contributed by atoms with E-state index in [0.29, 0.717) is 43.1 Å². The van der Waals surface area contributed by atoms with Crippen LogP contribution in [-0.4, -0.2) is 35.2 Å². The topological polar surface area (TPSA) is 51.4 Å². The van der Waals surface area contributed by atoms with Gasteiger partial charge < -0.3 is 9.26 Å². The Kier molecular flexibility index (Phi) is 5.89. The van der Waals surface area contributed by atoms with Gasteiger partial charge in [-0.25, -0.2) is 4.39 Å². The van der Waals surface area contributed by atoms with Crippen LogP contribution in [0, 0.1) is 11.7 Å². The molecule has 1 heterocycles. The third-order valence-corrected chi connectivity index (χ3v) is 3.06. The second-order valence-electron chi connectivity index (χ2n) is 5.74. The lowest BCUT2D eigenvalue weighted by atomic mass is 10.1. The van der Waals surface area contributed by atoms with E-state index in [2.05, 4.69) is 24.0 Å². The van der Waals surface area contributed by atoms with Crippen LogP contribution in [0.4, 0.5) is 4.39 Å². The van der Waals surface area contributed by atoms with Crippen LogP contribution >= 0.6 is 0 Å². The molecule has 0 saturated carbocycles. The molecular formula is C16H22FN3O2. The number of benzene rings is 1. The van der Waals surface area contributed by atoms with Crippen LogP contribution in [0.15, 0.2) is 28.8 Å². The number of nitrogens with zero attached hydrogens (tertiary/aromatic N) is 3. The van der Waals surface area contributed by atoms with Crippen LogP contribution in [0.2, 0.25) is 0 Å². The van der Waals surface area contributed by atoms with Crippen molar-refractivity contribution in [2.45, 2.75) is 26.8 Å². The lowest BCUT2D eigenvalue weighted by Gasteiger charge is -2.14. The molecule has 0 aliphatic rings. The molecule has 1 aromatic heterocycles. The molecule has 0 fully saturated rings. The van der Waals surface area contributed by atoms with Gasteiger partial charge in [0.05, 0.1) is 6.54 Å². The van der Waals surface area contributed by atoms with Crippen LogP contribution in [0.3, 0.4) is 0 Å². The molecule has 0 aliphatic heterocycles. The Labute approximate surface area is 130 Å². The Morgan fingerprint density at radius 3 is 2.68 bits per heavy atom. The van der Waals surface area contributed by atoms with Gasteiger partial charge in [-0.1, -0.05) is 19.0 Å². The third-order valence-electron chi connectivity index (χ3n) is 3.06. The smallest absolute Gasteiger partial charge is 0.226 e. The van der Waals surface area contributed by atoms with E-state index in [1.165, 1.54) is 12.1 Å². The van der Waals surface area contributed by atoms with Gasteiger partial charge in [0.15, 0.2) is 5.82 Å². The van der Waals surface area contributed by atoms with Crippen LogP contribution < -0.4 is 4.74 Å². The van der Waals surface area contributed by atoms with Crippen LogP contribution in [-0.2, 0) is 13.0 Å². The van der Waals surface area contributed by atoms with Gasteiger partial charge in [0.2, 0.25) is 5.89 Å². The Balaban J connectivity index is 1.72. The summed E-state index contributed by atoms with van der Waals surface area (Å²) in [6, 6.07) is 6.00. The van der Waals surface area contributed by atoms with Crippen molar-refractivity contribution in [2.75, 3.05) is 20.2 Å². The van der Waals surface area contributed by atoms with Crippen molar-refractivity contribution >= 4 is 0 Å². The highest BCUT2D eigenvalue weighted by Crippen LogP contribution is 2.11. The molecule has 0 aliphatic carbocycles. The first-order valence-corrected chi connectivity index (χ1v) is 7.41. The summed E-state index contributed by atoms with van der Waals surface area (Å²) in [7, 11) is 1.96. The first-order valence-electron chi connectivity index (χ1n) is 7.41.